The number of carboxylic acids is 1. The lowest BCUT2D eigenvalue weighted by Crippen LogP contribution is -2.23. The Morgan fingerprint density at radius 1 is 1.54 bits per heavy atom. The Hall–Kier alpha value is -0.680. The fourth-order valence-electron chi connectivity index (χ4n) is 0.602. The first-order valence-electron chi connectivity index (χ1n) is 3.46. The molecule has 5 nitrogen and oxygen atoms in total. The van der Waals surface area contributed by atoms with Gasteiger partial charge in [-0.25, -0.2) is 0 Å². The van der Waals surface area contributed by atoms with E-state index in [2.05, 4.69) is 4.99 Å². The number of guanidine groups is 1. The molecule has 13 heavy (non-hydrogen) atoms. The summed E-state index contributed by atoms with van der Waals surface area (Å²) in [6.45, 7) is 0.416. The first-order valence-corrected chi connectivity index (χ1v) is 3.90. The molecular weight excluding hydrogens is 217 g/mol. The lowest BCUT2D eigenvalue weighted by atomic mass is 10.2. The number of carbonyl (C=O) groups is 1. The summed E-state index contributed by atoms with van der Waals surface area (Å²) in [6.07, 6.45) is 0.937. The molecule has 0 saturated carbocycles. The second kappa shape index (κ2) is 7.94. The van der Waals surface area contributed by atoms with Crippen LogP contribution in [0.2, 0.25) is 0 Å². The minimum Gasteiger partial charge on any atom is -0.480 e. The van der Waals surface area contributed by atoms with Crippen LogP contribution in [0.3, 0.4) is 0 Å². The van der Waals surface area contributed by atoms with Crippen molar-refractivity contribution in [3.63, 3.8) is 0 Å². The monoisotopic (exact) mass is 229 g/mol. The molecule has 0 aromatic heterocycles. The van der Waals surface area contributed by atoms with Crippen LogP contribution in [0, 0.1) is 0 Å². The largest absolute Gasteiger partial charge is 0.480 e. The molecule has 0 saturated heterocycles. The Kier molecular flexibility index (Phi) is 9.06. The highest BCUT2D eigenvalue weighted by molar-refractivity contribution is 6.29. The van der Waals surface area contributed by atoms with Gasteiger partial charge in [0, 0.05) is 6.54 Å². The van der Waals surface area contributed by atoms with Gasteiger partial charge in [-0.1, -0.05) is 0 Å². The Bertz CT molecular complexity index is 183. The summed E-state index contributed by atoms with van der Waals surface area (Å²) in [5, 5.41) is 7.53. The number of aliphatic carboxylic acids is 1. The van der Waals surface area contributed by atoms with Gasteiger partial charge in [0.15, 0.2) is 5.96 Å². The molecule has 0 amide bonds. The molecule has 0 spiro atoms. The summed E-state index contributed by atoms with van der Waals surface area (Å²) in [7, 11) is 0. The Morgan fingerprint density at radius 3 is 2.46 bits per heavy atom. The van der Waals surface area contributed by atoms with E-state index < -0.39 is 11.3 Å². The minimum absolute atomic E-state index is 0. The van der Waals surface area contributed by atoms with Gasteiger partial charge in [-0.2, -0.15) is 0 Å². The second-order valence-corrected chi connectivity index (χ2v) is 2.78. The van der Waals surface area contributed by atoms with Crippen molar-refractivity contribution in [2.75, 3.05) is 6.54 Å². The SMILES string of the molecule is Cl.NC(N)=NCCC[C@H](Cl)C(=O)O. The van der Waals surface area contributed by atoms with E-state index in [-0.39, 0.29) is 18.4 Å². The molecular formula is C6H13Cl2N3O2. The number of rotatable bonds is 5. The summed E-state index contributed by atoms with van der Waals surface area (Å²) in [5.41, 5.74) is 10.1. The first kappa shape index (κ1) is 14.8. The van der Waals surface area contributed by atoms with E-state index in [4.69, 9.17) is 28.2 Å². The minimum atomic E-state index is -1.01. The quantitative estimate of drug-likeness (QED) is 0.271. The zero-order chi connectivity index (χ0) is 9.56. The second-order valence-electron chi connectivity index (χ2n) is 2.25. The molecule has 0 fully saturated rings. The van der Waals surface area contributed by atoms with Crippen molar-refractivity contribution in [3.05, 3.63) is 0 Å². The van der Waals surface area contributed by atoms with Gasteiger partial charge < -0.3 is 16.6 Å². The molecule has 0 unspecified atom stereocenters. The molecule has 7 heteroatoms. The van der Waals surface area contributed by atoms with E-state index >= 15 is 0 Å². The van der Waals surface area contributed by atoms with Crippen molar-refractivity contribution in [1.29, 1.82) is 0 Å². The van der Waals surface area contributed by atoms with E-state index in [1.54, 1.807) is 0 Å². The van der Waals surface area contributed by atoms with Crippen molar-refractivity contribution < 1.29 is 9.90 Å². The average Bonchev–Trinajstić information content (AvgIpc) is 1.97. The maximum absolute atomic E-state index is 10.2. The van der Waals surface area contributed by atoms with E-state index in [0.717, 1.165) is 0 Å². The zero-order valence-electron chi connectivity index (χ0n) is 6.94. The number of nitrogens with zero attached hydrogens (tertiary/aromatic N) is 1. The van der Waals surface area contributed by atoms with Crippen LogP contribution >= 0.6 is 24.0 Å². The highest BCUT2D eigenvalue weighted by Gasteiger charge is 2.11. The number of alkyl halides is 1. The van der Waals surface area contributed by atoms with Crippen LogP contribution in [-0.2, 0) is 4.79 Å². The molecule has 78 valence electrons. The summed E-state index contributed by atoms with van der Waals surface area (Å²) in [5.74, 6) is -1.00. The highest BCUT2D eigenvalue weighted by Crippen LogP contribution is 2.04. The molecule has 0 aliphatic heterocycles. The molecule has 0 rings (SSSR count). The van der Waals surface area contributed by atoms with Crippen molar-refractivity contribution in [2.24, 2.45) is 16.5 Å². The molecule has 0 heterocycles. The number of nitrogens with two attached hydrogens (primary N) is 2. The fraction of sp³-hybridized carbons (Fsp3) is 0.667. The lowest BCUT2D eigenvalue weighted by Gasteiger charge is -2.00. The molecule has 1 atom stereocenters. The van der Waals surface area contributed by atoms with Crippen molar-refractivity contribution in [2.45, 2.75) is 18.2 Å². The molecule has 0 radical (unpaired) electrons. The fourth-order valence-corrected chi connectivity index (χ4v) is 0.756. The predicted molar refractivity (Wildman–Crippen MR) is 54.4 cm³/mol. The number of carboxylic acid groups (broad SMARTS) is 1. The Labute approximate surface area is 87.6 Å². The maximum Gasteiger partial charge on any atom is 0.321 e. The molecule has 5 N–H and O–H groups in total. The van der Waals surface area contributed by atoms with Gasteiger partial charge in [-0.3, -0.25) is 9.79 Å². The standard InChI is InChI=1S/C6H12ClN3O2.ClH/c7-4(5(11)12)2-1-3-10-6(8)9;/h4H,1-3H2,(H,11,12)(H4,8,9,10);1H/t4-;/m0./s1. The number of halogens is 2. The summed E-state index contributed by atoms with van der Waals surface area (Å²) in [4.78, 5) is 13.9. The van der Waals surface area contributed by atoms with Crippen LogP contribution in [0.15, 0.2) is 4.99 Å². The van der Waals surface area contributed by atoms with Gasteiger partial charge in [0.2, 0.25) is 0 Å². The van der Waals surface area contributed by atoms with Crippen LogP contribution < -0.4 is 11.5 Å². The smallest absolute Gasteiger partial charge is 0.321 e. The highest BCUT2D eigenvalue weighted by atomic mass is 35.5. The predicted octanol–water partition coefficient (Wildman–Crippen LogP) is 0.154. The van der Waals surface area contributed by atoms with Crippen LogP contribution in [0.4, 0.5) is 0 Å². The van der Waals surface area contributed by atoms with Gasteiger partial charge >= 0.3 is 5.97 Å². The first-order chi connectivity index (χ1) is 5.54. The summed E-state index contributed by atoms with van der Waals surface area (Å²) < 4.78 is 0. The third-order valence-corrected chi connectivity index (χ3v) is 1.58. The van der Waals surface area contributed by atoms with Crippen LogP contribution in [0.5, 0.6) is 0 Å². The molecule has 0 bridgehead atoms. The van der Waals surface area contributed by atoms with Crippen molar-refractivity contribution >= 4 is 35.9 Å². The van der Waals surface area contributed by atoms with Crippen LogP contribution in [-0.4, -0.2) is 29.0 Å². The molecule has 0 aliphatic carbocycles. The topological polar surface area (TPSA) is 102 Å². The number of hydrogen-bond acceptors (Lipinski definition) is 2. The van der Waals surface area contributed by atoms with Crippen LogP contribution in [0.1, 0.15) is 12.8 Å². The molecule has 0 aromatic carbocycles. The van der Waals surface area contributed by atoms with Gasteiger partial charge in [-0.15, -0.1) is 24.0 Å². The van der Waals surface area contributed by atoms with E-state index in [0.29, 0.717) is 19.4 Å². The number of hydrogen-bond donors (Lipinski definition) is 3. The van der Waals surface area contributed by atoms with E-state index in [1.165, 1.54) is 0 Å². The van der Waals surface area contributed by atoms with Crippen molar-refractivity contribution in [1.82, 2.24) is 0 Å². The Morgan fingerprint density at radius 2 is 2.08 bits per heavy atom. The lowest BCUT2D eigenvalue weighted by molar-refractivity contribution is -0.136. The molecule has 0 aromatic rings. The van der Waals surface area contributed by atoms with Gasteiger partial charge in [0.1, 0.15) is 5.38 Å². The zero-order valence-corrected chi connectivity index (χ0v) is 8.51. The van der Waals surface area contributed by atoms with Crippen LogP contribution in [0.25, 0.3) is 0 Å². The summed E-state index contributed by atoms with van der Waals surface area (Å²) in [6, 6.07) is 0. The summed E-state index contributed by atoms with van der Waals surface area (Å²) >= 11 is 5.42. The van der Waals surface area contributed by atoms with Gasteiger partial charge in [0.25, 0.3) is 0 Å². The third-order valence-electron chi connectivity index (χ3n) is 1.18. The van der Waals surface area contributed by atoms with Crippen molar-refractivity contribution in [3.8, 4) is 0 Å². The average molecular weight is 230 g/mol. The Balaban J connectivity index is 0. The van der Waals surface area contributed by atoms with E-state index in [1.807, 2.05) is 0 Å². The molecule has 0 aliphatic rings. The number of aliphatic imine (C=N–C) groups is 1. The van der Waals surface area contributed by atoms with E-state index in [9.17, 15) is 4.79 Å². The van der Waals surface area contributed by atoms with Gasteiger partial charge in [-0.05, 0) is 12.8 Å². The maximum atomic E-state index is 10.2. The van der Waals surface area contributed by atoms with Gasteiger partial charge in [0.05, 0.1) is 0 Å². The third kappa shape index (κ3) is 9.23. The normalized spacial score (nSPS) is 11.2.